The van der Waals surface area contributed by atoms with Crippen LogP contribution in [0.15, 0.2) is 18.2 Å². The summed E-state index contributed by atoms with van der Waals surface area (Å²) in [6, 6.07) is 7.15. The highest BCUT2D eigenvalue weighted by molar-refractivity contribution is 6.30. The summed E-state index contributed by atoms with van der Waals surface area (Å²) in [7, 11) is 2.25. The fourth-order valence-electron chi connectivity index (χ4n) is 3.49. The molecule has 2 fully saturated rings. The van der Waals surface area contributed by atoms with Crippen molar-refractivity contribution in [3.05, 3.63) is 28.8 Å². The number of hydrogen-bond donors (Lipinski definition) is 1. The van der Waals surface area contributed by atoms with Crippen molar-refractivity contribution < 1.29 is 5.11 Å². The molecule has 0 aromatic heterocycles. The average molecular weight is 281 g/mol. The van der Waals surface area contributed by atoms with Crippen LogP contribution in [-0.4, -0.2) is 42.2 Å². The number of halogens is 1. The summed E-state index contributed by atoms with van der Waals surface area (Å²) in [5, 5.41) is 10.3. The first kappa shape index (κ1) is 13.2. The minimum absolute atomic E-state index is 0.0763. The number of rotatable bonds is 2. The molecule has 19 heavy (non-hydrogen) atoms. The molecule has 3 rings (SSSR count). The Labute approximate surface area is 119 Å². The molecule has 2 saturated heterocycles. The molecule has 1 N–H and O–H groups in total. The zero-order valence-electron chi connectivity index (χ0n) is 11.3. The van der Waals surface area contributed by atoms with Crippen molar-refractivity contribution in [3.8, 4) is 0 Å². The van der Waals surface area contributed by atoms with Gasteiger partial charge in [0.15, 0.2) is 0 Å². The molecule has 2 aliphatic heterocycles. The Bertz CT molecular complexity index is 465. The first-order valence-corrected chi connectivity index (χ1v) is 7.43. The zero-order chi connectivity index (χ0) is 13.4. The van der Waals surface area contributed by atoms with E-state index in [1.54, 1.807) is 0 Å². The van der Waals surface area contributed by atoms with Gasteiger partial charge >= 0.3 is 0 Å². The van der Waals surface area contributed by atoms with Gasteiger partial charge in [0.1, 0.15) is 0 Å². The molecule has 2 bridgehead atoms. The number of benzene rings is 1. The predicted molar refractivity (Wildman–Crippen MR) is 78.8 cm³/mol. The molecule has 2 heterocycles. The second-order valence-electron chi connectivity index (χ2n) is 5.72. The van der Waals surface area contributed by atoms with Gasteiger partial charge < -0.3 is 10.0 Å². The first-order chi connectivity index (χ1) is 9.19. The second kappa shape index (κ2) is 5.31. The molecule has 0 spiro atoms. The summed E-state index contributed by atoms with van der Waals surface area (Å²) in [5.41, 5.74) is 2.08. The van der Waals surface area contributed by atoms with Gasteiger partial charge in [0.2, 0.25) is 0 Å². The van der Waals surface area contributed by atoms with Crippen molar-refractivity contribution in [2.75, 3.05) is 25.0 Å². The van der Waals surface area contributed by atoms with E-state index in [9.17, 15) is 5.11 Å². The van der Waals surface area contributed by atoms with E-state index in [0.29, 0.717) is 6.04 Å². The standard InChI is InChI=1S/C15H21ClN2O/c1-17-13-4-5-14(17)9-18(7-6-13)15-8-12(16)3-2-11(15)10-19/h2-3,8,13-14,19H,4-7,9-10H2,1H3. The number of hydrogen-bond acceptors (Lipinski definition) is 3. The van der Waals surface area contributed by atoms with Crippen molar-refractivity contribution in [3.63, 3.8) is 0 Å². The fraction of sp³-hybridized carbons (Fsp3) is 0.600. The molecule has 0 saturated carbocycles. The minimum Gasteiger partial charge on any atom is -0.392 e. The molecular formula is C15H21ClN2O. The third kappa shape index (κ3) is 2.47. The monoisotopic (exact) mass is 280 g/mol. The molecule has 0 amide bonds. The number of likely N-dealkylation sites (N-methyl/N-ethyl adjacent to an activating group) is 1. The molecule has 104 valence electrons. The van der Waals surface area contributed by atoms with E-state index in [-0.39, 0.29) is 6.61 Å². The van der Waals surface area contributed by atoms with E-state index in [1.807, 2.05) is 18.2 Å². The van der Waals surface area contributed by atoms with Gasteiger partial charge in [-0.2, -0.15) is 0 Å². The van der Waals surface area contributed by atoms with Gasteiger partial charge in [-0.1, -0.05) is 17.7 Å². The molecule has 0 radical (unpaired) electrons. The highest BCUT2D eigenvalue weighted by atomic mass is 35.5. The van der Waals surface area contributed by atoms with Gasteiger partial charge in [-0.3, -0.25) is 4.90 Å². The van der Waals surface area contributed by atoms with Crippen LogP contribution in [0.3, 0.4) is 0 Å². The Morgan fingerprint density at radius 1 is 1.26 bits per heavy atom. The number of fused-ring (bicyclic) bond motifs is 2. The Balaban J connectivity index is 1.88. The van der Waals surface area contributed by atoms with E-state index in [4.69, 9.17) is 11.6 Å². The van der Waals surface area contributed by atoms with Crippen molar-refractivity contribution in [1.29, 1.82) is 0 Å². The van der Waals surface area contributed by atoms with Crippen molar-refractivity contribution in [1.82, 2.24) is 4.90 Å². The molecule has 4 heteroatoms. The fourth-order valence-corrected chi connectivity index (χ4v) is 3.66. The normalized spacial score (nSPS) is 27.6. The lowest BCUT2D eigenvalue weighted by Gasteiger charge is -2.29. The Kier molecular flexibility index (Phi) is 3.70. The van der Waals surface area contributed by atoms with Crippen LogP contribution in [0.5, 0.6) is 0 Å². The number of aliphatic hydroxyl groups excluding tert-OH is 1. The lowest BCUT2D eigenvalue weighted by molar-refractivity contribution is 0.254. The van der Waals surface area contributed by atoms with Crippen LogP contribution in [0.4, 0.5) is 5.69 Å². The number of aliphatic hydroxyl groups is 1. The molecule has 0 aliphatic carbocycles. The topological polar surface area (TPSA) is 26.7 Å². The van der Waals surface area contributed by atoms with Gasteiger partial charge in [0, 0.05) is 41.4 Å². The summed E-state index contributed by atoms with van der Waals surface area (Å²) >= 11 is 6.12. The van der Waals surface area contributed by atoms with Gasteiger partial charge in [-0.15, -0.1) is 0 Å². The largest absolute Gasteiger partial charge is 0.392 e. The lowest BCUT2D eigenvalue weighted by Crippen LogP contribution is -2.37. The maximum absolute atomic E-state index is 9.51. The van der Waals surface area contributed by atoms with Crippen LogP contribution >= 0.6 is 11.6 Å². The van der Waals surface area contributed by atoms with Gasteiger partial charge in [-0.25, -0.2) is 0 Å². The van der Waals surface area contributed by atoms with Crippen LogP contribution in [0, 0.1) is 0 Å². The Hall–Kier alpha value is -0.770. The summed E-state index contributed by atoms with van der Waals surface area (Å²) < 4.78 is 0. The minimum atomic E-state index is 0.0763. The Morgan fingerprint density at radius 2 is 2.05 bits per heavy atom. The average Bonchev–Trinajstić information content (AvgIpc) is 2.63. The van der Waals surface area contributed by atoms with E-state index in [1.165, 1.54) is 19.3 Å². The molecule has 2 unspecified atom stereocenters. The number of nitrogens with zero attached hydrogens (tertiary/aromatic N) is 2. The van der Waals surface area contributed by atoms with Crippen LogP contribution in [0.25, 0.3) is 0 Å². The van der Waals surface area contributed by atoms with Gasteiger partial charge in [0.25, 0.3) is 0 Å². The SMILES string of the molecule is CN1C2CCC1CN(c1cc(Cl)ccc1CO)CC2. The maximum Gasteiger partial charge on any atom is 0.0702 e. The third-order valence-electron chi connectivity index (χ3n) is 4.71. The number of anilines is 1. The summed E-state index contributed by atoms with van der Waals surface area (Å²) in [5.74, 6) is 0. The van der Waals surface area contributed by atoms with Crippen molar-refractivity contribution in [2.45, 2.75) is 38.0 Å². The quantitative estimate of drug-likeness (QED) is 0.902. The first-order valence-electron chi connectivity index (χ1n) is 7.05. The molecular weight excluding hydrogens is 260 g/mol. The van der Waals surface area contributed by atoms with E-state index in [2.05, 4.69) is 16.8 Å². The molecule has 3 nitrogen and oxygen atoms in total. The van der Waals surface area contributed by atoms with E-state index < -0.39 is 0 Å². The summed E-state index contributed by atoms with van der Waals surface area (Å²) in [4.78, 5) is 4.93. The van der Waals surface area contributed by atoms with Crippen LogP contribution in [0.1, 0.15) is 24.8 Å². The van der Waals surface area contributed by atoms with E-state index >= 15 is 0 Å². The van der Waals surface area contributed by atoms with Crippen LogP contribution in [0.2, 0.25) is 5.02 Å². The van der Waals surface area contributed by atoms with Crippen LogP contribution in [-0.2, 0) is 6.61 Å². The predicted octanol–water partition coefficient (Wildman–Crippen LogP) is 2.51. The smallest absolute Gasteiger partial charge is 0.0702 e. The van der Waals surface area contributed by atoms with Crippen LogP contribution < -0.4 is 4.90 Å². The zero-order valence-corrected chi connectivity index (χ0v) is 12.1. The second-order valence-corrected chi connectivity index (χ2v) is 6.15. The highest BCUT2D eigenvalue weighted by Gasteiger charge is 2.35. The molecule has 2 aliphatic rings. The third-order valence-corrected chi connectivity index (χ3v) is 4.94. The molecule has 1 aromatic carbocycles. The molecule has 2 atom stereocenters. The summed E-state index contributed by atoms with van der Waals surface area (Å²) in [6.07, 6.45) is 3.81. The van der Waals surface area contributed by atoms with Gasteiger partial charge in [0.05, 0.1) is 6.61 Å². The summed E-state index contributed by atoms with van der Waals surface area (Å²) in [6.45, 7) is 2.17. The molecule has 1 aromatic rings. The van der Waals surface area contributed by atoms with E-state index in [0.717, 1.165) is 35.4 Å². The van der Waals surface area contributed by atoms with Crippen molar-refractivity contribution in [2.24, 2.45) is 0 Å². The Morgan fingerprint density at radius 3 is 2.84 bits per heavy atom. The lowest BCUT2D eigenvalue weighted by atomic mass is 10.1. The maximum atomic E-state index is 9.51. The van der Waals surface area contributed by atoms with Crippen molar-refractivity contribution >= 4 is 17.3 Å². The highest BCUT2D eigenvalue weighted by Crippen LogP contribution is 2.33. The van der Waals surface area contributed by atoms with Gasteiger partial charge in [-0.05, 0) is 38.4 Å².